The quantitative estimate of drug-likeness (QED) is 0.750. The summed E-state index contributed by atoms with van der Waals surface area (Å²) in [7, 11) is 0. The number of benzene rings is 2. The van der Waals surface area contributed by atoms with Gasteiger partial charge >= 0.3 is 0 Å². The molecule has 0 fully saturated rings. The standard InChI is InChI=1S/C15H14BrN3S/c16-12-9-11(6-5-10(12)7-8-17)20-15-18-13-3-1-2-4-14(13)19-15/h1-6,9H,7-8,17H2,(H,18,19). The van der Waals surface area contributed by atoms with E-state index in [9.17, 15) is 0 Å². The molecule has 3 aromatic rings. The summed E-state index contributed by atoms with van der Waals surface area (Å²) in [6.07, 6.45) is 0.885. The fourth-order valence-electron chi connectivity index (χ4n) is 2.04. The van der Waals surface area contributed by atoms with Crippen molar-refractivity contribution in [2.45, 2.75) is 16.5 Å². The number of fused-ring (bicyclic) bond motifs is 1. The minimum Gasteiger partial charge on any atom is -0.333 e. The summed E-state index contributed by atoms with van der Waals surface area (Å²) < 4.78 is 1.10. The molecule has 3 nitrogen and oxygen atoms in total. The first kappa shape index (κ1) is 13.7. The monoisotopic (exact) mass is 347 g/mol. The summed E-state index contributed by atoms with van der Waals surface area (Å²) >= 11 is 5.22. The smallest absolute Gasteiger partial charge is 0.171 e. The molecule has 20 heavy (non-hydrogen) atoms. The third-order valence-corrected chi connectivity index (χ3v) is 4.63. The Morgan fingerprint density at radius 1 is 1.20 bits per heavy atom. The number of nitrogens with zero attached hydrogens (tertiary/aromatic N) is 1. The van der Waals surface area contributed by atoms with E-state index in [0.29, 0.717) is 6.54 Å². The second kappa shape index (κ2) is 5.99. The van der Waals surface area contributed by atoms with Crippen molar-refractivity contribution in [3.63, 3.8) is 0 Å². The van der Waals surface area contributed by atoms with Gasteiger partial charge in [0.05, 0.1) is 11.0 Å². The average Bonchev–Trinajstić information content (AvgIpc) is 2.84. The van der Waals surface area contributed by atoms with Crippen LogP contribution in [0, 0.1) is 0 Å². The third-order valence-electron chi connectivity index (χ3n) is 3.02. The first-order valence-corrected chi connectivity index (χ1v) is 7.98. The number of nitrogens with two attached hydrogens (primary N) is 1. The molecule has 0 spiro atoms. The number of aromatic amines is 1. The van der Waals surface area contributed by atoms with Gasteiger partial charge in [-0.15, -0.1) is 0 Å². The van der Waals surface area contributed by atoms with E-state index in [1.54, 1.807) is 11.8 Å². The Labute approximate surface area is 130 Å². The zero-order valence-electron chi connectivity index (χ0n) is 10.8. The SMILES string of the molecule is NCCc1ccc(Sc2nc3ccccc3[nH]2)cc1Br. The van der Waals surface area contributed by atoms with Crippen molar-refractivity contribution in [3.8, 4) is 0 Å². The van der Waals surface area contributed by atoms with Crippen molar-refractivity contribution in [2.75, 3.05) is 6.54 Å². The van der Waals surface area contributed by atoms with Gasteiger partial charge in [-0.1, -0.05) is 45.9 Å². The van der Waals surface area contributed by atoms with E-state index in [0.717, 1.165) is 32.0 Å². The highest BCUT2D eigenvalue weighted by atomic mass is 79.9. The minimum atomic E-state index is 0.661. The fraction of sp³-hybridized carbons (Fsp3) is 0.133. The van der Waals surface area contributed by atoms with Crippen molar-refractivity contribution in [1.29, 1.82) is 0 Å². The zero-order chi connectivity index (χ0) is 13.9. The molecule has 0 aliphatic rings. The number of para-hydroxylation sites is 2. The normalized spacial score (nSPS) is 11.1. The number of nitrogens with one attached hydrogen (secondary N) is 1. The number of H-pyrrole nitrogens is 1. The van der Waals surface area contributed by atoms with Crippen LogP contribution in [0.1, 0.15) is 5.56 Å². The molecule has 0 saturated heterocycles. The maximum atomic E-state index is 5.59. The van der Waals surface area contributed by atoms with Crippen LogP contribution < -0.4 is 5.73 Å². The lowest BCUT2D eigenvalue weighted by Crippen LogP contribution is -2.03. The molecule has 1 heterocycles. The second-order valence-electron chi connectivity index (χ2n) is 4.45. The molecule has 2 aromatic carbocycles. The van der Waals surface area contributed by atoms with Gasteiger partial charge in [0.1, 0.15) is 0 Å². The van der Waals surface area contributed by atoms with Crippen molar-refractivity contribution in [3.05, 3.63) is 52.5 Å². The van der Waals surface area contributed by atoms with Crippen molar-refractivity contribution in [2.24, 2.45) is 5.73 Å². The van der Waals surface area contributed by atoms with Crippen LogP contribution in [0.15, 0.2) is 57.0 Å². The van der Waals surface area contributed by atoms with Crippen molar-refractivity contribution >= 4 is 38.7 Å². The second-order valence-corrected chi connectivity index (χ2v) is 6.37. The van der Waals surface area contributed by atoms with Gasteiger partial charge < -0.3 is 10.7 Å². The molecule has 0 amide bonds. The lowest BCUT2D eigenvalue weighted by molar-refractivity contribution is 0.960. The van der Waals surface area contributed by atoms with Crippen molar-refractivity contribution < 1.29 is 0 Å². The Balaban J connectivity index is 1.85. The molecular formula is C15H14BrN3S. The first-order valence-electron chi connectivity index (χ1n) is 6.37. The van der Waals surface area contributed by atoms with Crippen LogP contribution in [0.25, 0.3) is 11.0 Å². The minimum absolute atomic E-state index is 0.661. The van der Waals surface area contributed by atoms with E-state index < -0.39 is 0 Å². The molecular weight excluding hydrogens is 334 g/mol. The maximum Gasteiger partial charge on any atom is 0.171 e. The van der Waals surface area contributed by atoms with Crippen LogP contribution in [-0.2, 0) is 6.42 Å². The zero-order valence-corrected chi connectivity index (χ0v) is 13.2. The highest BCUT2D eigenvalue weighted by Gasteiger charge is 2.06. The molecule has 3 rings (SSSR count). The maximum absolute atomic E-state index is 5.59. The van der Waals surface area contributed by atoms with E-state index >= 15 is 0 Å². The van der Waals surface area contributed by atoms with E-state index in [2.05, 4.69) is 44.1 Å². The van der Waals surface area contributed by atoms with Crippen LogP contribution in [0.4, 0.5) is 0 Å². The predicted octanol–water partition coefficient (Wildman–Crippen LogP) is 3.98. The molecule has 0 unspecified atom stereocenters. The van der Waals surface area contributed by atoms with E-state index in [4.69, 9.17) is 5.73 Å². The fourth-order valence-corrected chi connectivity index (χ4v) is 3.61. The highest BCUT2D eigenvalue weighted by Crippen LogP contribution is 2.30. The van der Waals surface area contributed by atoms with Crippen LogP contribution in [0.2, 0.25) is 0 Å². The van der Waals surface area contributed by atoms with Gasteiger partial charge in [0.25, 0.3) is 0 Å². The molecule has 102 valence electrons. The number of aromatic nitrogens is 2. The molecule has 0 bridgehead atoms. The van der Waals surface area contributed by atoms with Gasteiger partial charge in [-0.05, 0) is 42.8 Å². The molecule has 5 heteroatoms. The molecule has 0 atom stereocenters. The van der Waals surface area contributed by atoms with Gasteiger partial charge in [-0.3, -0.25) is 0 Å². The Kier molecular flexibility index (Phi) is 4.10. The number of hydrogen-bond acceptors (Lipinski definition) is 3. The predicted molar refractivity (Wildman–Crippen MR) is 87.1 cm³/mol. The molecule has 0 saturated carbocycles. The largest absolute Gasteiger partial charge is 0.333 e. The summed E-state index contributed by atoms with van der Waals surface area (Å²) in [5, 5.41) is 0.907. The van der Waals surface area contributed by atoms with Crippen LogP contribution in [-0.4, -0.2) is 16.5 Å². The molecule has 1 aromatic heterocycles. The first-order chi connectivity index (χ1) is 9.76. The topological polar surface area (TPSA) is 54.7 Å². The summed E-state index contributed by atoms with van der Waals surface area (Å²) in [4.78, 5) is 9.04. The Morgan fingerprint density at radius 2 is 2.05 bits per heavy atom. The molecule has 3 N–H and O–H groups in total. The van der Waals surface area contributed by atoms with Gasteiger partial charge in [0, 0.05) is 9.37 Å². The Bertz CT molecular complexity index is 706. The van der Waals surface area contributed by atoms with Crippen LogP contribution >= 0.6 is 27.7 Å². The van der Waals surface area contributed by atoms with Gasteiger partial charge in [-0.2, -0.15) is 0 Å². The number of imidazole rings is 1. The van der Waals surface area contributed by atoms with E-state index in [-0.39, 0.29) is 0 Å². The highest BCUT2D eigenvalue weighted by molar-refractivity contribution is 9.10. The Morgan fingerprint density at radius 3 is 2.80 bits per heavy atom. The number of halogens is 1. The molecule has 0 aliphatic carbocycles. The van der Waals surface area contributed by atoms with E-state index in [1.165, 1.54) is 5.56 Å². The van der Waals surface area contributed by atoms with E-state index in [1.807, 2.05) is 24.3 Å². The third kappa shape index (κ3) is 2.90. The summed E-state index contributed by atoms with van der Waals surface area (Å²) in [6, 6.07) is 14.4. The average molecular weight is 348 g/mol. The lowest BCUT2D eigenvalue weighted by atomic mass is 10.1. The lowest BCUT2D eigenvalue weighted by Gasteiger charge is -2.05. The summed E-state index contributed by atoms with van der Waals surface area (Å²) in [5.41, 5.74) is 8.89. The molecule has 0 radical (unpaired) electrons. The van der Waals surface area contributed by atoms with Gasteiger partial charge in [0.2, 0.25) is 0 Å². The van der Waals surface area contributed by atoms with Crippen LogP contribution in [0.5, 0.6) is 0 Å². The van der Waals surface area contributed by atoms with Gasteiger partial charge in [-0.25, -0.2) is 4.98 Å². The summed E-state index contributed by atoms with van der Waals surface area (Å²) in [6.45, 7) is 0.661. The van der Waals surface area contributed by atoms with Crippen LogP contribution in [0.3, 0.4) is 0 Å². The summed E-state index contributed by atoms with van der Waals surface area (Å²) in [5.74, 6) is 0. The van der Waals surface area contributed by atoms with Crippen molar-refractivity contribution in [1.82, 2.24) is 9.97 Å². The number of rotatable bonds is 4. The Hall–Kier alpha value is -1.30. The number of hydrogen-bond donors (Lipinski definition) is 2. The molecule has 0 aliphatic heterocycles. The van der Waals surface area contributed by atoms with Gasteiger partial charge in [0.15, 0.2) is 5.16 Å².